The number of thioether (sulfide) groups is 1. The van der Waals surface area contributed by atoms with Crippen LogP contribution >= 0.6 is 11.8 Å². The average molecular weight is 529 g/mol. The predicted octanol–water partition coefficient (Wildman–Crippen LogP) is 4.02. The molecule has 0 aliphatic carbocycles. The second-order valence-electron chi connectivity index (χ2n) is 8.14. The van der Waals surface area contributed by atoms with Crippen LogP contribution in [0.15, 0.2) is 71.4 Å². The van der Waals surface area contributed by atoms with Gasteiger partial charge >= 0.3 is 23.5 Å². The Bertz CT molecular complexity index is 1250. The standard InChI is InChI=1S/C27H28O9S/c1-5-8-21(28)34-20-15-37-27(26(36-23(30)10-7-3)25(20)35-22(29)9-6-2)32-17-11-12-18-16(4)13-24(31)33-19(18)14-17/h5-7,11-14,20,25-27H,1-3,8-10,15H2,4H3/t20-,25+,26-,27-/m1/s1. The number of aryl methyl sites for hydroxylation is 1. The van der Waals surface area contributed by atoms with Gasteiger partial charge in [-0.15, -0.1) is 31.5 Å². The molecule has 1 saturated heterocycles. The van der Waals surface area contributed by atoms with Gasteiger partial charge in [0, 0.05) is 23.3 Å². The van der Waals surface area contributed by atoms with E-state index >= 15 is 0 Å². The summed E-state index contributed by atoms with van der Waals surface area (Å²) in [5.74, 6) is -1.31. The van der Waals surface area contributed by atoms with Gasteiger partial charge in [-0.25, -0.2) is 4.79 Å². The molecule has 0 N–H and O–H groups in total. The highest BCUT2D eigenvalue weighted by Crippen LogP contribution is 2.35. The third kappa shape index (κ3) is 7.36. The third-order valence-electron chi connectivity index (χ3n) is 5.31. The molecule has 1 aliphatic heterocycles. The largest absolute Gasteiger partial charge is 0.476 e. The van der Waals surface area contributed by atoms with Crippen molar-refractivity contribution in [1.29, 1.82) is 0 Å². The van der Waals surface area contributed by atoms with Crippen LogP contribution in [-0.2, 0) is 28.6 Å². The zero-order valence-corrected chi connectivity index (χ0v) is 21.2. The minimum Gasteiger partial charge on any atom is -0.476 e. The smallest absolute Gasteiger partial charge is 0.336 e. The van der Waals surface area contributed by atoms with E-state index in [2.05, 4.69) is 19.7 Å². The van der Waals surface area contributed by atoms with E-state index in [4.69, 9.17) is 23.4 Å². The molecular formula is C27H28O9S. The summed E-state index contributed by atoms with van der Waals surface area (Å²) >= 11 is 1.22. The Morgan fingerprint density at radius 3 is 2.16 bits per heavy atom. The summed E-state index contributed by atoms with van der Waals surface area (Å²) in [7, 11) is 0. The first-order valence-corrected chi connectivity index (χ1v) is 12.5. The summed E-state index contributed by atoms with van der Waals surface area (Å²) in [4.78, 5) is 48.9. The van der Waals surface area contributed by atoms with Crippen molar-refractivity contribution >= 4 is 40.6 Å². The molecule has 10 heteroatoms. The first kappa shape index (κ1) is 27.8. The van der Waals surface area contributed by atoms with Gasteiger partial charge in [-0.3, -0.25) is 14.4 Å². The van der Waals surface area contributed by atoms with Gasteiger partial charge in [-0.2, -0.15) is 0 Å². The monoisotopic (exact) mass is 528 g/mol. The van der Waals surface area contributed by atoms with Crippen LogP contribution in [0, 0.1) is 6.92 Å². The molecule has 0 radical (unpaired) electrons. The number of ether oxygens (including phenoxy) is 4. The zero-order valence-electron chi connectivity index (χ0n) is 20.4. The highest BCUT2D eigenvalue weighted by molar-refractivity contribution is 7.99. The maximum Gasteiger partial charge on any atom is 0.336 e. The quantitative estimate of drug-likeness (QED) is 0.183. The van der Waals surface area contributed by atoms with E-state index in [0.717, 1.165) is 10.9 Å². The van der Waals surface area contributed by atoms with Crippen LogP contribution in [0.2, 0.25) is 0 Å². The molecule has 0 saturated carbocycles. The van der Waals surface area contributed by atoms with Crippen molar-refractivity contribution in [1.82, 2.24) is 0 Å². The number of hydrogen-bond donors (Lipinski definition) is 0. The van der Waals surface area contributed by atoms with E-state index in [1.807, 2.05) is 0 Å². The lowest BCUT2D eigenvalue weighted by molar-refractivity contribution is -0.188. The second kappa shape index (κ2) is 13.0. The summed E-state index contributed by atoms with van der Waals surface area (Å²) in [5.41, 5.74) is -0.268. The van der Waals surface area contributed by atoms with Crippen molar-refractivity contribution < 1.29 is 37.7 Å². The van der Waals surface area contributed by atoms with Crippen LogP contribution in [0.3, 0.4) is 0 Å². The summed E-state index contributed by atoms with van der Waals surface area (Å²) < 4.78 is 28.2. The molecule has 1 aromatic carbocycles. The molecule has 0 bridgehead atoms. The van der Waals surface area contributed by atoms with E-state index < -0.39 is 47.3 Å². The molecular weight excluding hydrogens is 500 g/mol. The van der Waals surface area contributed by atoms with Gasteiger partial charge in [0.15, 0.2) is 23.7 Å². The van der Waals surface area contributed by atoms with Crippen LogP contribution < -0.4 is 10.4 Å². The second-order valence-corrected chi connectivity index (χ2v) is 9.27. The zero-order chi connectivity index (χ0) is 26.9. The predicted molar refractivity (Wildman–Crippen MR) is 138 cm³/mol. The van der Waals surface area contributed by atoms with Crippen molar-refractivity contribution in [3.8, 4) is 5.75 Å². The fourth-order valence-corrected chi connectivity index (χ4v) is 4.91. The number of benzene rings is 1. The Balaban J connectivity index is 1.95. The summed E-state index contributed by atoms with van der Waals surface area (Å²) in [5, 5.41) is 0.739. The minimum atomic E-state index is -1.15. The van der Waals surface area contributed by atoms with Gasteiger partial charge in [-0.1, -0.05) is 18.2 Å². The lowest BCUT2D eigenvalue weighted by Crippen LogP contribution is -2.56. The maximum atomic E-state index is 12.5. The van der Waals surface area contributed by atoms with Gasteiger partial charge in [0.05, 0.1) is 19.3 Å². The molecule has 1 fully saturated rings. The minimum absolute atomic E-state index is 0.0446. The highest BCUT2D eigenvalue weighted by Gasteiger charge is 2.48. The van der Waals surface area contributed by atoms with Crippen molar-refractivity contribution in [2.45, 2.75) is 49.9 Å². The van der Waals surface area contributed by atoms with Crippen LogP contribution in [0.4, 0.5) is 0 Å². The SMILES string of the molecule is C=CCC(=O)O[C@@H]1[C@@H](OC(=O)CC=C)[C@H](OC(=O)CC=C)CS[C@H]1Oc1ccc2c(C)cc(=O)oc2c1. The Labute approximate surface area is 218 Å². The lowest BCUT2D eigenvalue weighted by Gasteiger charge is -2.40. The van der Waals surface area contributed by atoms with Crippen molar-refractivity contribution in [3.63, 3.8) is 0 Å². The summed E-state index contributed by atoms with van der Waals surface area (Å²) in [6.45, 7) is 12.4. The van der Waals surface area contributed by atoms with E-state index in [-0.39, 0.29) is 25.0 Å². The number of fused-ring (bicyclic) bond motifs is 1. The van der Waals surface area contributed by atoms with E-state index in [1.165, 1.54) is 36.1 Å². The normalized spacial score (nSPS) is 20.9. The Kier molecular flexibility index (Phi) is 9.73. The van der Waals surface area contributed by atoms with Crippen LogP contribution in [0.25, 0.3) is 11.0 Å². The Morgan fingerprint density at radius 2 is 1.54 bits per heavy atom. The lowest BCUT2D eigenvalue weighted by atomic mass is 10.1. The molecule has 9 nitrogen and oxygen atoms in total. The van der Waals surface area contributed by atoms with Crippen molar-refractivity contribution in [3.05, 3.63) is 78.2 Å². The Hall–Kier alpha value is -3.79. The molecule has 1 aromatic heterocycles. The molecule has 1 aliphatic rings. The number of esters is 3. The van der Waals surface area contributed by atoms with Crippen LogP contribution in [0.5, 0.6) is 5.75 Å². The van der Waals surface area contributed by atoms with E-state index in [9.17, 15) is 19.2 Å². The van der Waals surface area contributed by atoms with E-state index in [0.29, 0.717) is 11.3 Å². The maximum absolute atomic E-state index is 12.5. The van der Waals surface area contributed by atoms with Crippen LogP contribution in [-0.4, -0.2) is 47.4 Å². The number of carbonyl (C=O) groups is 3. The molecule has 4 atom stereocenters. The Morgan fingerprint density at radius 1 is 0.946 bits per heavy atom. The molecule has 196 valence electrons. The molecule has 2 aromatic rings. The molecule has 3 rings (SSSR count). The highest BCUT2D eigenvalue weighted by atomic mass is 32.2. The molecule has 0 spiro atoms. The summed E-state index contributed by atoms with van der Waals surface area (Å²) in [6, 6.07) is 6.39. The topological polar surface area (TPSA) is 118 Å². The molecule has 0 amide bonds. The van der Waals surface area contributed by atoms with Crippen molar-refractivity contribution in [2.75, 3.05) is 5.75 Å². The van der Waals surface area contributed by atoms with Gasteiger partial charge < -0.3 is 23.4 Å². The average Bonchev–Trinajstić information content (AvgIpc) is 2.82. The first-order valence-electron chi connectivity index (χ1n) is 11.5. The van der Waals surface area contributed by atoms with E-state index in [1.54, 1.807) is 25.1 Å². The molecule has 2 heterocycles. The fourth-order valence-electron chi connectivity index (χ4n) is 3.70. The number of hydrogen-bond acceptors (Lipinski definition) is 10. The number of rotatable bonds is 11. The molecule has 37 heavy (non-hydrogen) atoms. The van der Waals surface area contributed by atoms with Crippen LogP contribution in [0.1, 0.15) is 24.8 Å². The van der Waals surface area contributed by atoms with Gasteiger partial charge in [0.25, 0.3) is 0 Å². The van der Waals surface area contributed by atoms with Gasteiger partial charge in [-0.05, 0) is 24.6 Å². The number of carbonyl (C=O) groups excluding carboxylic acids is 3. The summed E-state index contributed by atoms with van der Waals surface area (Å²) in [6.07, 6.45) is 0.703. The molecule has 0 unspecified atom stereocenters. The third-order valence-corrected chi connectivity index (χ3v) is 6.52. The van der Waals surface area contributed by atoms with Gasteiger partial charge in [0.1, 0.15) is 11.3 Å². The first-order chi connectivity index (χ1) is 17.7. The fraction of sp³-hybridized carbons (Fsp3) is 0.333. The van der Waals surface area contributed by atoms with Crippen molar-refractivity contribution in [2.24, 2.45) is 0 Å². The van der Waals surface area contributed by atoms with Gasteiger partial charge in [0.2, 0.25) is 0 Å².